The average molecular weight is 269 g/mol. The topological polar surface area (TPSA) is 0 Å². The molecule has 1 aromatic carbocycles. The molecule has 1 fully saturated rings. The van der Waals surface area contributed by atoms with E-state index in [-0.39, 0.29) is 5.82 Å². The molecule has 1 aromatic rings. The van der Waals surface area contributed by atoms with Crippen molar-refractivity contribution in [2.45, 2.75) is 25.4 Å². The second-order valence-electron chi connectivity index (χ2n) is 5.61. The molecule has 0 amide bonds. The summed E-state index contributed by atoms with van der Waals surface area (Å²) >= 11 is 4.00. The van der Waals surface area contributed by atoms with Crippen molar-refractivity contribution in [3.8, 4) is 0 Å². The summed E-state index contributed by atoms with van der Waals surface area (Å²) in [5, 5.41) is 0. The second-order valence-corrected chi connectivity index (χ2v) is 8.19. The predicted molar refractivity (Wildman–Crippen MR) is 77.0 cm³/mol. The molecule has 0 bridgehead atoms. The maximum Gasteiger partial charge on any atom is 0.123 e. The van der Waals surface area contributed by atoms with Gasteiger partial charge in [0, 0.05) is 0 Å². The van der Waals surface area contributed by atoms with E-state index in [2.05, 4.69) is 20.8 Å². The van der Waals surface area contributed by atoms with Gasteiger partial charge >= 0.3 is 0 Å². The number of hydrogen-bond acceptors (Lipinski definition) is 2. The summed E-state index contributed by atoms with van der Waals surface area (Å²) in [4.78, 5) is 0. The Labute approximate surface area is 112 Å². The summed E-state index contributed by atoms with van der Waals surface area (Å²) < 4.78 is 13.3. The van der Waals surface area contributed by atoms with Crippen LogP contribution in [0.4, 0.5) is 4.39 Å². The van der Waals surface area contributed by atoms with Crippen LogP contribution in [0.15, 0.2) is 24.3 Å². The summed E-state index contributed by atoms with van der Waals surface area (Å²) in [6.07, 6.45) is 0. The number of thioether (sulfide) groups is 2. The summed E-state index contributed by atoms with van der Waals surface area (Å²) in [6, 6.07) is 6.95. The minimum atomic E-state index is -0.146. The summed E-state index contributed by atoms with van der Waals surface area (Å²) in [5.74, 6) is 3.04. The Morgan fingerprint density at radius 3 is 2.06 bits per heavy atom. The molecule has 0 spiro atoms. The van der Waals surface area contributed by atoms with Gasteiger partial charge in [-0.2, -0.15) is 0 Å². The molecule has 0 unspecified atom stereocenters. The lowest BCUT2D eigenvalue weighted by molar-refractivity contribution is 0.292. The zero-order valence-electron chi connectivity index (χ0n) is 10.6. The summed E-state index contributed by atoms with van der Waals surface area (Å²) in [6.45, 7) is 6.95. The van der Waals surface area contributed by atoms with Crippen molar-refractivity contribution in [3.63, 3.8) is 0 Å². The van der Waals surface area contributed by atoms with Crippen LogP contribution in [0.3, 0.4) is 0 Å². The molecule has 17 heavy (non-hydrogen) atoms. The van der Waals surface area contributed by atoms with E-state index in [1.54, 1.807) is 12.1 Å². The van der Waals surface area contributed by atoms with Gasteiger partial charge in [0.15, 0.2) is 0 Å². The molecule has 1 heterocycles. The third kappa shape index (κ3) is 3.41. The maximum absolute atomic E-state index is 12.9. The molecule has 2 rings (SSSR count). The predicted octanol–water partition coefficient (Wildman–Crippen LogP) is 4.97. The first-order valence-electron chi connectivity index (χ1n) is 5.95. The average Bonchev–Trinajstić information content (AvgIpc) is 2.29. The highest BCUT2D eigenvalue weighted by atomic mass is 32.2. The Morgan fingerprint density at radius 2 is 1.59 bits per heavy atom. The molecule has 0 N–H and O–H groups in total. The van der Waals surface area contributed by atoms with Crippen molar-refractivity contribution in [2.24, 2.45) is 11.3 Å². The van der Waals surface area contributed by atoms with E-state index in [9.17, 15) is 4.39 Å². The van der Waals surface area contributed by atoms with Crippen LogP contribution in [-0.2, 0) is 0 Å². The van der Waals surface area contributed by atoms with Crippen LogP contribution in [0.1, 0.15) is 30.9 Å². The Morgan fingerprint density at radius 1 is 1.06 bits per heavy atom. The molecule has 3 heteroatoms. The van der Waals surface area contributed by atoms with E-state index in [4.69, 9.17) is 0 Å². The molecule has 94 valence electrons. The van der Waals surface area contributed by atoms with Gasteiger partial charge in [0.05, 0.1) is 4.58 Å². The highest BCUT2D eigenvalue weighted by molar-refractivity contribution is 8.16. The van der Waals surface area contributed by atoms with Gasteiger partial charge in [-0.1, -0.05) is 32.9 Å². The van der Waals surface area contributed by atoms with Gasteiger partial charge in [-0.25, -0.2) is 4.39 Å². The molecule has 0 nitrogen and oxygen atoms in total. The van der Waals surface area contributed by atoms with Crippen molar-refractivity contribution in [3.05, 3.63) is 35.6 Å². The van der Waals surface area contributed by atoms with Crippen molar-refractivity contribution in [2.75, 3.05) is 11.5 Å². The zero-order valence-corrected chi connectivity index (χ0v) is 12.2. The number of rotatable bonds is 1. The maximum atomic E-state index is 12.9. The Hall–Kier alpha value is -0.150. The Balaban J connectivity index is 1.97. The molecular weight excluding hydrogens is 250 g/mol. The fourth-order valence-electron chi connectivity index (χ4n) is 1.82. The first kappa shape index (κ1) is 13.3. The van der Waals surface area contributed by atoms with E-state index < -0.39 is 0 Å². The van der Waals surface area contributed by atoms with E-state index in [1.807, 2.05) is 35.7 Å². The van der Waals surface area contributed by atoms with Crippen LogP contribution in [-0.4, -0.2) is 11.5 Å². The van der Waals surface area contributed by atoms with E-state index in [1.165, 1.54) is 17.1 Å². The molecule has 0 atom stereocenters. The smallest absolute Gasteiger partial charge is 0.123 e. The molecule has 0 aromatic heterocycles. The lowest BCUT2D eigenvalue weighted by atomic mass is 9.83. The third-order valence-electron chi connectivity index (χ3n) is 3.26. The van der Waals surface area contributed by atoms with Crippen molar-refractivity contribution in [1.82, 2.24) is 0 Å². The van der Waals surface area contributed by atoms with Crippen molar-refractivity contribution >= 4 is 23.5 Å². The van der Waals surface area contributed by atoms with Crippen molar-refractivity contribution in [1.29, 1.82) is 0 Å². The molecule has 1 saturated heterocycles. The Bertz CT molecular complexity index is 359. The van der Waals surface area contributed by atoms with Crippen LogP contribution in [0.25, 0.3) is 0 Å². The quantitative estimate of drug-likeness (QED) is 0.706. The number of hydrogen-bond donors (Lipinski definition) is 0. The van der Waals surface area contributed by atoms with Crippen LogP contribution in [0.5, 0.6) is 0 Å². The highest BCUT2D eigenvalue weighted by Crippen LogP contribution is 2.49. The number of benzene rings is 1. The zero-order chi connectivity index (χ0) is 12.5. The lowest BCUT2D eigenvalue weighted by Gasteiger charge is -2.36. The van der Waals surface area contributed by atoms with Gasteiger partial charge in [0.1, 0.15) is 5.82 Å². The van der Waals surface area contributed by atoms with Gasteiger partial charge in [-0.05, 0) is 40.5 Å². The second kappa shape index (κ2) is 5.23. The van der Waals surface area contributed by atoms with Gasteiger partial charge in [-0.3, -0.25) is 0 Å². The standard InChI is InChI=1S/C14H19FS2/c1-14(2,3)11-8-16-13(17-9-11)10-4-6-12(15)7-5-10/h4-7,11,13H,8-9H2,1-3H3/i15-1. The van der Waals surface area contributed by atoms with E-state index >= 15 is 0 Å². The van der Waals surface area contributed by atoms with Crippen LogP contribution in [0.2, 0.25) is 0 Å². The fourth-order valence-corrected chi connectivity index (χ4v) is 5.57. The van der Waals surface area contributed by atoms with E-state index in [0.29, 0.717) is 10.00 Å². The molecule has 0 aliphatic carbocycles. The molecule has 0 saturated carbocycles. The van der Waals surface area contributed by atoms with Gasteiger partial charge in [0.25, 0.3) is 0 Å². The third-order valence-corrected chi connectivity index (χ3v) is 6.42. The highest BCUT2D eigenvalue weighted by Gasteiger charge is 2.31. The molecular formula is C14H19FS2. The first-order chi connectivity index (χ1) is 7.97. The monoisotopic (exact) mass is 269 g/mol. The largest absolute Gasteiger partial charge is 0.207 e. The normalized spacial score (nSPS) is 25.9. The molecule has 1 aliphatic heterocycles. The van der Waals surface area contributed by atoms with Crippen molar-refractivity contribution < 1.29 is 4.39 Å². The van der Waals surface area contributed by atoms with Gasteiger partial charge in [0.2, 0.25) is 0 Å². The van der Waals surface area contributed by atoms with Crippen LogP contribution in [0, 0.1) is 17.2 Å². The lowest BCUT2D eigenvalue weighted by Crippen LogP contribution is -2.27. The Kier molecular flexibility index (Phi) is 4.09. The minimum absolute atomic E-state index is 0.146. The van der Waals surface area contributed by atoms with Gasteiger partial charge in [-0.15, -0.1) is 23.5 Å². The number of halogens is 1. The van der Waals surface area contributed by atoms with Crippen LogP contribution < -0.4 is 0 Å². The molecule has 1 aliphatic rings. The molecule has 0 radical (unpaired) electrons. The first-order valence-corrected chi connectivity index (χ1v) is 8.05. The van der Waals surface area contributed by atoms with Crippen LogP contribution >= 0.6 is 23.5 Å². The fraction of sp³-hybridized carbons (Fsp3) is 0.571. The summed E-state index contributed by atoms with van der Waals surface area (Å²) in [7, 11) is 0. The minimum Gasteiger partial charge on any atom is -0.207 e. The SMILES string of the molecule is CC(C)(C)C1CSC(c2ccc([18F])cc2)SC1. The summed E-state index contributed by atoms with van der Waals surface area (Å²) in [5.41, 5.74) is 1.64. The van der Waals surface area contributed by atoms with E-state index in [0.717, 1.165) is 5.92 Å². The van der Waals surface area contributed by atoms with Gasteiger partial charge < -0.3 is 0 Å².